The van der Waals surface area contributed by atoms with E-state index in [4.69, 9.17) is 4.74 Å². The van der Waals surface area contributed by atoms with E-state index in [1.165, 1.54) is 5.56 Å². The van der Waals surface area contributed by atoms with Crippen LogP contribution < -0.4 is 4.74 Å². The predicted octanol–water partition coefficient (Wildman–Crippen LogP) is 3.91. The van der Waals surface area contributed by atoms with Crippen LogP contribution in [0.3, 0.4) is 0 Å². The summed E-state index contributed by atoms with van der Waals surface area (Å²) >= 11 is 0. The molecule has 2 rings (SSSR count). The van der Waals surface area contributed by atoms with Gasteiger partial charge in [0.05, 0.1) is 12.5 Å². The van der Waals surface area contributed by atoms with Crippen molar-refractivity contribution in [3.05, 3.63) is 29.8 Å². The van der Waals surface area contributed by atoms with Gasteiger partial charge in [0, 0.05) is 0 Å². The molecule has 3 nitrogen and oxygen atoms in total. The standard InChI is InChI=1S/C17H24O3/c1-13-7-10-17(11-8-13,16(18)19)12-9-14-3-5-15(20-2)6-4-14/h3-6,13H,7-12H2,1-2H3,(H,18,19). The third kappa shape index (κ3) is 3.33. The number of methoxy groups -OCH3 is 1. The molecule has 3 heteroatoms. The van der Waals surface area contributed by atoms with E-state index in [2.05, 4.69) is 6.92 Å². The molecule has 0 saturated heterocycles. The lowest BCUT2D eigenvalue weighted by Crippen LogP contribution is -2.35. The molecule has 0 aliphatic heterocycles. The van der Waals surface area contributed by atoms with Crippen LogP contribution in [-0.4, -0.2) is 18.2 Å². The zero-order chi connectivity index (χ0) is 14.6. The van der Waals surface area contributed by atoms with Crippen LogP contribution in [0.4, 0.5) is 0 Å². The van der Waals surface area contributed by atoms with Crippen LogP contribution in [0.2, 0.25) is 0 Å². The van der Waals surface area contributed by atoms with Crippen molar-refractivity contribution < 1.29 is 14.6 Å². The summed E-state index contributed by atoms with van der Waals surface area (Å²) in [7, 11) is 1.65. The molecule has 1 aliphatic rings. The Morgan fingerprint density at radius 1 is 1.30 bits per heavy atom. The Bertz CT molecular complexity index is 442. The highest BCUT2D eigenvalue weighted by atomic mass is 16.5. The molecule has 1 N–H and O–H groups in total. The number of aryl methyl sites for hydroxylation is 1. The topological polar surface area (TPSA) is 46.5 Å². The van der Waals surface area contributed by atoms with Crippen molar-refractivity contribution in [1.29, 1.82) is 0 Å². The van der Waals surface area contributed by atoms with Crippen LogP contribution >= 0.6 is 0 Å². The van der Waals surface area contributed by atoms with Gasteiger partial charge in [0.2, 0.25) is 0 Å². The molecule has 0 bridgehead atoms. The number of aliphatic carboxylic acids is 1. The largest absolute Gasteiger partial charge is 0.497 e. The third-order valence-electron chi connectivity index (χ3n) is 4.74. The lowest BCUT2D eigenvalue weighted by Gasteiger charge is -2.36. The van der Waals surface area contributed by atoms with E-state index in [-0.39, 0.29) is 0 Å². The van der Waals surface area contributed by atoms with Crippen molar-refractivity contribution in [2.75, 3.05) is 7.11 Å². The molecule has 20 heavy (non-hydrogen) atoms. The number of hydrogen-bond acceptors (Lipinski definition) is 2. The van der Waals surface area contributed by atoms with Gasteiger partial charge < -0.3 is 9.84 Å². The van der Waals surface area contributed by atoms with Crippen molar-refractivity contribution in [1.82, 2.24) is 0 Å². The van der Waals surface area contributed by atoms with Crippen molar-refractivity contribution in [3.63, 3.8) is 0 Å². The number of rotatable bonds is 5. The SMILES string of the molecule is COc1ccc(CCC2(C(=O)O)CCC(C)CC2)cc1. The summed E-state index contributed by atoms with van der Waals surface area (Å²) in [5.41, 5.74) is 0.678. The van der Waals surface area contributed by atoms with Crippen molar-refractivity contribution in [2.45, 2.75) is 45.4 Å². The summed E-state index contributed by atoms with van der Waals surface area (Å²) in [5, 5.41) is 9.62. The highest BCUT2D eigenvalue weighted by Crippen LogP contribution is 2.42. The van der Waals surface area contributed by atoms with Gasteiger partial charge in [-0.1, -0.05) is 19.1 Å². The number of ether oxygens (including phenoxy) is 1. The Kier molecular flexibility index (Phi) is 4.69. The number of benzene rings is 1. The Balaban J connectivity index is 2.00. The molecule has 0 heterocycles. The zero-order valence-electron chi connectivity index (χ0n) is 12.4. The van der Waals surface area contributed by atoms with E-state index < -0.39 is 11.4 Å². The maximum atomic E-state index is 11.7. The Labute approximate surface area is 121 Å². The maximum absolute atomic E-state index is 11.7. The van der Waals surface area contributed by atoms with E-state index in [0.29, 0.717) is 5.92 Å². The third-order valence-corrected chi connectivity index (χ3v) is 4.74. The number of carboxylic acid groups (broad SMARTS) is 1. The first kappa shape index (κ1) is 14.9. The molecule has 1 fully saturated rings. The van der Waals surface area contributed by atoms with Gasteiger partial charge in [-0.3, -0.25) is 4.79 Å². The maximum Gasteiger partial charge on any atom is 0.309 e. The molecule has 0 unspecified atom stereocenters. The highest BCUT2D eigenvalue weighted by molar-refractivity contribution is 5.74. The molecule has 0 radical (unpaired) electrons. The molecule has 1 aliphatic carbocycles. The van der Waals surface area contributed by atoms with E-state index in [0.717, 1.165) is 44.3 Å². The van der Waals surface area contributed by atoms with Gasteiger partial charge in [-0.15, -0.1) is 0 Å². The average molecular weight is 276 g/mol. The van der Waals surface area contributed by atoms with Crippen molar-refractivity contribution in [3.8, 4) is 5.75 Å². The number of carbonyl (C=O) groups is 1. The minimum Gasteiger partial charge on any atom is -0.497 e. The second kappa shape index (κ2) is 6.29. The second-order valence-electron chi connectivity index (χ2n) is 6.12. The quantitative estimate of drug-likeness (QED) is 0.887. The fourth-order valence-corrected chi connectivity index (χ4v) is 3.06. The van der Waals surface area contributed by atoms with Gasteiger partial charge in [0.25, 0.3) is 0 Å². The molecule has 0 amide bonds. The minimum absolute atomic E-state index is 0.508. The van der Waals surface area contributed by atoms with Crippen LogP contribution in [0.15, 0.2) is 24.3 Å². The van der Waals surface area contributed by atoms with Gasteiger partial charge in [0.1, 0.15) is 5.75 Å². The second-order valence-corrected chi connectivity index (χ2v) is 6.12. The van der Waals surface area contributed by atoms with Crippen LogP contribution in [0.5, 0.6) is 5.75 Å². The summed E-state index contributed by atoms with van der Waals surface area (Å²) < 4.78 is 5.14. The molecule has 0 spiro atoms. The first-order chi connectivity index (χ1) is 9.55. The van der Waals surface area contributed by atoms with E-state index in [9.17, 15) is 9.90 Å². The van der Waals surface area contributed by atoms with Crippen molar-refractivity contribution in [2.24, 2.45) is 11.3 Å². The lowest BCUT2D eigenvalue weighted by atomic mass is 9.68. The van der Waals surface area contributed by atoms with Crippen LogP contribution in [-0.2, 0) is 11.2 Å². The molecule has 0 atom stereocenters. The summed E-state index contributed by atoms with van der Waals surface area (Å²) in [6, 6.07) is 7.93. The molecule has 1 aromatic rings. The molecule has 110 valence electrons. The van der Waals surface area contributed by atoms with Crippen LogP contribution in [0.1, 0.15) is 44.6 Å². The van der Waals surface area contributed by atoms with Crippen LogP contribution in [0, 0.1) is 11.3 Å². The van der Waals surface area contributed by atoms with E-state index in [1.54, 1.807) is 7.11 Å². The van der Waals surface area contributed by atoms with E-state index in [1.807, 2.05) is 24.3 Å². The minimum atomic E-state index is -0.613. The first-order valence-electron chi connectivity index (χ1n) is 7.42. The number of hydrogen-bond donors (Lipinski definition) is 1. The van der Waals surface area contributed by atoms with Gasteiger partial charge in [-0.25, -0.2) is 0 Å². The van der Waals surface area contributed by atoms with E-state index >= 15 is 0 Å². The first-order valence-corrected chi connectivity index (χ1v) is 7.42. The van der Waals surface area contributed by atoms with Crippen LogP contribution in [0.25, 0.3) is 0 Å². The molecular weight excluding hydrogens is 252 g/mol. The zero-order valence-corrected chi connectivity index (χ0v) is 12.4. The van der Waals surface area contributed by atoms with Gasteiger partial charge in [0.15, 0.2) is 0 Å². The van der Waals surface area contributed by atoms with Gasteiger partial charge in [-0.2, -0.15) is 0 Å². The smallest absolute Gasteiger partial charge is 0.309 e. The van der Waals surface area contributed by atoms with Crippen molar-refractivity contribution >= 4 is 5.97 Å². The molecule has 1 aromatic carbocycles. The molecular formula is C17H24O3. The Morgan fingerprint density at radius 3 is 2.40 bits per heavy atom. The summed E-state index contributed by atoms with van der Waals surface area (Å²) in [6.07, 6.45) is 5.27. The normalized spacial score (nSPS) is 26.2. The average Bonchev–Trinajstić information content (AvgIpc) is 2.47. The number of carboxylic acids is 1. The lowest BCUT2D eigenvalue weighted by molar-refractivity contribution is -0.152. The fraction of sp³-hybridized carbons (Fsp3) is 0.588. The fourth-order valence-electron chi connectivity index (χ4n) is 3.06. The Morgan fingerprint density at radius 2 is 1.90 bits per heavy atom. The monoisotopic (exact) mass is 276 g/mol. The highest BCUT2D eigenvalue weighted by Gasteiger charge is 2.40. The summed E-state index contributed by atoms with van der Waals surface area (Å²) in [4.78, 5) is 11.7. The van der Waals surface area contributed by atoms with Gasteiger partial charge >= 0.3 is 5.97 Å². The summed E-state index contributed by atoms with van der Waals surface area (Å²) in [6.45, 7) is 2.22. The Hall–Kier alpha value is -1.51. The van der Waals surface area contributed by atoms with Gasteiger partial charge in [-0.05, 0) is 62.1 Å². The summed E-state index contributed by atoms with van der Waals surface area (Å²) in [5.74, 6) is 0.898. The predicted molar refractivity (Wildman–Crippen MR) is 79.0 cm³/mol. The molecule has 1 saturated carbocycles. The molecule has 0 aromatic heterocycles.